The molecule has 4 nitrogen and oxygen atoms in total. The van der Waals surface area contributed by atoms with Gasteiger partial charge in [-0.25, -0.2) is 4.79 Å². The summed E-state index contributed by atoms with van der Waals surface area (Å²) in [4.78, 5) is 11.8. The van der Waals surface area contributed by atoms with E-state index in [4.69, 9.17) is 0 Å². The van der Waals surface area contributed by atoms with Crippen LogP contribution in [0.15, 0.2) is 0 Å². The van der Waals surface area contributed by atoms with E-state index in [2.05, 4.69) is 10.6 Å². The van der Waals surface area contributed by atoms with Crippen LogP contribution >= 0.6 is 0 Å². The lowest BCUT2D eigenvalue weighted by Crippen LogP contribution is -2.63. The molecule has 3 N–H and O–H groups in total. The van der Waals surface area contributed by atoms with Gasteiger partial charge in [-0.15, -0.1) is 0 Å². The Morgan fingerprint density at radius 1 is 1.18 bits per heavy atom. The Kier molecular flexibility index (Phi) is 3.61. The number of urea groups is 1. The summed E-state index contributed by atoms with van der Waals surface area (Å²) in [5, 5.41) is 15.6. The third kappa shape index (κ3) is 2.73. The highest BCUT2D eigenvalue weighted by Gasteiger charge is 2.48. The monoisotopic (exact) mass is 240 g/mol. The van der Waals surface area contributed by atoms with Crippen LogP contribution in [0.3, 0.4) is 0 Å². The Labute approximate surface area is 103 Å². The number of carbonyl (C=O) groups excluding carboxylic acids is 1. The number of aliphatic hydroxyl groups excluding tert-OH is 1. The first-order valence-electron chi connectivity index (χ1n) is 6.75. The summed E-state index contributed by atoms with van der Waals surface area (Å²) in [6.45, 7) is 3.99. The van der Waals surface area contributed by atoms with Gasteiger partial charge in [-0.05, 0) is 19.3 Å². The van der Waals surface area contributed by atoms with Gasteiger partial charge in [-0.2, -0.15) is 0 Å². The third-order valence-corrected chi connectivity index (χ3v) is 4.46. The van der Waals surface area contributed by atoms with Crippen molar-refractivity contribution in [1.82, 2.24) is 10.6 Å². The van der Waals surface area contributed by atoms with E-state index in [0.29, 0.717) is 12.5 Å². The zero-order valence-electron chi connectivity index (χ0n) is 10.8. The highest BCUT2D eigenvalue weighted by atomic mass is 16.3. The van der Waals surface area contributed by atoms with Crippen molar-refractivity contribution >= 4 is 6.03 Å². The van der Waals surface area contributed by atoms with Crippen molar-refractivity contribution < 1.29 is 9.90 Å². The SMILES string of the molecule is CC1(C)C(O)CC1NC(=O)NC1CCCCC1. The van der Waals surface area contributed by atoms with Crippen LogP contribution in [-0.2, 0) is 0 Å². The summed E-state index contributed by atoms with van der Waals surface area (Å²) >= 11 is 0. The number of hydrogen-bond donors (Lipinski definition) is 3. The van der Waals surface area contributed by atoms with E-state index in [9.17, 15) is 9.90 Å². The van der Waals surface area contributed by atoms with Crippen molar-refractivity contribution in [1.29, 1.82) is 0 Å². The molecule has 2 unspecified atom stereocenters. The van der Waals surface area contributed by atoms with Gasteiger partial charge in [0, 0.05) is 17.5 Å². The minimum absolute atomic E-state index is 0.0677. The van der Waals surface area contributed by atoms with E-state index >= 15 is 0 Å². The topological polar surface area (TPSA) is 61.4 Å². The van der Waals surface area contributed by atoms with Crippen molar-refractivity contribution in [3.05, 3.63) is 0 Å². The fraction of sp³-hybridized carbons (Fsp3) is 0.923. The van der Waals surface area contributed by atoms with E-state index in [1.54, 1.807) is 0 Å². The molecule has 0 heterocycles. The predicted molar refractivity (Wildman–Crippen MR) is 66.7 cm³/mol. The van der Waals surface area contributed by atoms with Crippen LogP contribution < -0.4 is 10.6 Å². The van der Waals surface area contributed by atoms with Crippen molar-refractivity contribution in [2.45, 2.75) is 70.6 Å². The van der Waals surface area contributed by atoms with Crippen molar-refractivity contribution in [2.75, 3.05) is 0 Å². The molecule has 2 aliphatic carbocycles. The van der Waals surface area contributed by atoms with Gasteiger partial charge >= 0.3 is 6.03 Å². The standard InChI is InChI=1S/C13H24N2O2/c1-13(2)10(8-11(13)16)15-12(17)14-9-6-4-3-5-7-9/h9-11,16H,3-8H2,1-2H3,(H2,14,15,17). The Bertz CT molecular complexity index is 285. The Morgan fingerprint density at radius 3 is 2.35 bits per heavy atom. The van der Waals surface area contributed by atoms with Crippen LogP contribution in [-0.4, -0.2) is 29.3 Å². The molecule has 2 fully saturated rings. The summed E-state index contributed by atoms with van der Waals surface area (Å²) in [7, 11) is 0. The molecule has 0 aromatic rings. The fourth-order valence-corrected chi connectivity index (χ4v) is 2.78. The summed E-state index contributed by atoms with van der Waals surface area (Å²) in [5.74, 6) is 0. The molecular formula is C13H24N2O2. The average Bonchev–Trinajstić information content (AvgIpc) is 2.30. The van der Waals surface area contributed by atoms with Gasteiger partial charge in [0.2, 0.25) is 0 Å². The van der Waals surface area contributed by atoms with Gasteiger partial charge in [-0.1, -0.05) is 33.1 Å². The molecule has 2 saturated carbocycles. The number of carbonyl (C=O) groups is 1. The first kappa shape index (κ1) is 12.7. The molecule has 2 atom stereocenters. The van der Waals surface area contributed by atoms with Crippen molar-refractivity contribution in [3.63, 3.8) is 0 Å². The van der Waals surface area contributed by atoms with Crippen LogP contribution in [0.4, 0.5) is 4.79 Å². The number of nitrogens with one attached hydrogen (secondary N) is 2. The van der Waals surface area contributed by atoms with Gasteiger partial charge in [-0.3, -0.25) is 0 Å². The zero-order chi connectivity index (χ0) is 12.5. The van der Waals surface area contributed by atoms with E-state index in [0.717, 1.165) is 12.8 Å². The van der Waals surface area contributed by atoms with E-state index in [1.807, 2.05) is 13.8 Å². The second-order valence-corrected chi connectivity index (χ2v) is 6.08. The van der Waals surface area contributed by atoms with Crippen molar-refractivity contribution in [2.24, 2.45) is 5.41 Å². The van der Waals surface area contributed by atoms with E-state index in [1.165, 1.54) is 19.3 Å². The van der Waals surface area contributed by atoms with Gasteiger partial charge < -0.3 is 15.7 Å². The summed E-state index contributed by atoms with van der Waals surface area (Å²) in [5.41, 5.74) is -0.191. The fourth-order valence-electron chi connectivity index (χ4n) is 2.78. The van der Waals surface area contributed by atoms with Crippen LogP contribution in [0.5, 0.6) is 0 Å². The Morgan fingerprint density at radius 2 is 1.82 bits per heavy atom. The molecule has 2 aliphatic rings. The van der Waals surface area contributed by atoms with E-state index < -0.39 is 0 Å². The molecule has 98 valence electrons. The maximum absolute atomic E-state index is 11.8. The highest BCUT2D eigenvalue weighted by Crippen LogP contribution is 2.40. The van der Waals surface area contributed by atoms with Crippen LogP contribution in [0.2, 0.25) is 0 Å². The second-order valence-electron chi connectivity index (χ2n) is 6.08. The molecule has 0 aromatic heterocycles. The minimum atomic E-state index is -0.289. The van der Waals surface area contributed by atoms with Gasteiger partial charge in [0.05, 0.1) is 6.10 Å². The zero-order valence-corrected chi connectivity index (χ0v) is 10.8. The molecule has 17 heavy (non-hydrogen) atoms. The van der Waals surface area contributed by atoms with Gasteiger partial charge in [0.25, 0.3) is 0 Å². The lowest BCUT2D eigenvalue weighted by atomic mass is 9.65. The molecule has 0 spiro atoms. The maximum atomic E-state index is 11.8. The molecule has 0 radical (unpaired) electrons. The molecule has 0 aliphatic heterocycles. The summed E-state index contributed by atoms with van der Waals surface area (Å²) in [6, 6.07) is 0.375. The number of amides is 2. The molecule has 0 aromatic carbocycles. The van der Waals surface area contributed by atoms with E-state index in [-0.39, 0.29) is 23.6 Å². The molecule has 2 rings (SSSR count). The Hall–Kier alpha value is -0.770. The van der Waals surface area contributed by atoms with Crippen LogP contribution in [0.1, 0.15) is 52.4 Å². The molecular weight excluding hydrogens is 216 g/mol. The lowest BCUT2D eigenvalue weighted by molar-refractivity contribution is -0.0679. The smallest absolute Gasteiger partial charge is 0.315 e. The lowest BCUT2D eigenvalue weighted by Gasteiger charge is -2.49. The third-order valence-electron chi connectivity index (χ3n) is 4.46. The predicted octanol–water partition coefficient (Wildman–Crippen LogP) is 1.78. The normalized spacial score (nSPS) is 32.6. The maximum Gasteiger partial charge on any atom is 0.315 e. The minimum Gasteiger partial charge on any atom is -0.392 e. The molecule has 2 amide bonds. The first-order chi connectivity index (χ1) is 8.00. The Balaban J connectivity index is 1.74. The number of aliphatic hydroxyl groups is 1. The van der Waals surface area contributed by atoms with Crippen LogP contribution in [0, 0.1) is 5.41 Å². The summed E-state index contributed by atoms with van der Waals surface area (Å²) in [6.07, 6.45) is 6.32. The van der Waals surface area contributed by atoms with Crippen LogP contribution in [0.25, 0.3) is 0 Å². The van der Waals surface area contributed by atoms with Crippen molar-refractivity contribution in [3.8, 4) is 0 Å². The quantitative estimate of drug-likeness (QED) is 0.689. The largest absolute Gasteiger partial charge is 0.392 e. The molecule has 0 bridgehead atoms. The molecule has 0 saturated heterocycles. The second kappa shape index (κ2) is 4.84. The van der Waals surface area contributed by atoms with Gasteiger partial charge in [0.1, 0.15) is 0 Å². The average molecular weight is 240 g/mol. The molecule has 4 heteroatoms. The first-order valence-corrected chi connectivity index (χ1v) is 6.75. The highest BCUT2D eigenvalue weighted by molar-refractivity contribution is 5.74. The number of hydrogen-bond acceptors (Lipinski definition) is 2. The summed E-state index contributed by atoms with van der Waals surface area (Å²) < 4.78 is 0. The number of rotatable bonds is 2. The van der Waals surface area contributed by atoms with Gasteiger partial charge in [0.15, 0.2) is 0 Å².